The summed E-state index contributed by atoms with van der Waals surface area (Å²) in [6.45, 7) is 4.98. The van der Waals surface area contributed by atoms with Gasteiger partial charge in [0.2, 0.25) is 5.75 Å². The third-order valence-electron chi connectivity index (χ3n) is 3.88. The summed E-state index contributed by atoms with van der Waals surface area (Å²) in [5.74, 6) is -0.660. The Labute approximate surface area is 184 Å². The quantitative estimate of drug-likeness (QED) is 0.348. The van der Waals surface area contributed by atoms with Crippen molar-refractivity contribution in [2.45, 2.75) is 26.4 Å². The van der Waals surface area contributed by atoms with Gasteiger partial charge >= 0.3 is 11.7 Å². The normalized spacial score (nSPS) is 10.9. The molecule has 2 rings (SSSR count). The van der Waals surface area contributed by atoms with E-state index in [4.69, 9.17) is 25.8 Å². The number of rotatable bonds is 7. The minimum Gasteiger partial charge on any atom is -0.493 e. The van der Waals surface area contributed by atoms with Gasteiger partial charge in [-0.05, 0) is 51.1 Å². The number of nitro benzene ring substituents is 1. The molecule has 0 saturated heterocycles. The molecule has 0 radical (unpaired) electrons. The summed E-state index contributed by atoms with van der Waals surface area (Å²) < 4.78 is 16.1. The highest BCUT2D eigenvalue weighted by Gasteiger charge is 2.22. The van der Waals surface area contributed by atoms with Crippen LogP contribution in [0.1, 0.15) is 31.1 Å². The molecule has 2 aromatic carbocycles. The predicted octanol–water partition coefficient (Wildman–Crippen LogP) is 4.46. The minimum atomic E-state index is -0.659. The number of benzene rings is 2. The molecule has 31 heavy (non-hydrogen) atoms. The van der Waals surface area contributed by atoms with Gasteiger partial charge < -0.3 is 19.1 Å². The van der Waals surface area contributed by atoms with Crippen molar-refractivity contribution < 1.29 is 28.7 Å². The molecule has 0 saturated carbocycles. The molecule has 0 atom stereocenters. The third-order valence-corrected chi connectivity index (χ3v) is 4.12. The lowest BCUT2D eigenvalue weighted by Gasteiger charge is -2.22. The average molecular weight is 451 g/mol. The highest BCUT2D eigenvalue weighted by atomic mass is 35.5. The Morgan fingerprint density at radius 3 is 2.32 bits per heavy atom. The standard InChI is InChI=1S/C21H23ClN2O7/c1-21(2,3)31-19(25)12-23(4)20(26)13-6-8-17(18(10-13)29-5)30-16-9-7-14(22)11-15(16)24(27)28/h6-11H,12H2,1-5H3. The van der Waals surface area contributed by atoms with Crippen molar-refractivity contribution in [2.75, 3.05) is 20.7 Å². The van der Waals surface area contributed by atoms with Crippen LogP contribution in [-0.4, -0.2) is 48.0 Å². The van der Waals surface area contributed by atoms with Crippen molar-refractivity contribution in [3.8, 4) is 17.2 Å². The van der Waals surface area contributed by atoms with Crippen molar-refractivity contribution >= 4 is 29.2 Å². The second kappa shape index (κ2) is 9.65. The highest BCUT2D eigenvalue weighted by molar-refractivity contribution is 6.30. The number of hydrogen-bond donors (Lipinski definition) is 0. The molecular weight excluding hydrogens is 428 g/mol. The third kappa shape index (κ3) is 6.58. The van der Waals surface area contributed by atoms with Gasteiger partial charge in [0.1, 0.15) is 12.1 Å². The lowest BCUT2D eigenvalue weighted by molar-refractivity contribution is -0.385. The van der Waals surface area contributed by atoms with Crippen molar-refractivity contribution in [1.82, 2.24) is 4.90 Å². The molecule has 0 unspecified atom stereocenters. The number of carbonyl (C=O) groups excluding carboxylic acids is 2. The molecule has 0 aliphatic rings. The van der Waals surface area contributed by atoms with E-state index in [0.29, 0.717) is 0 Å². The fourth-order valence-corrected chi connectivity index (χ4v) is 2.75. The fourth-order valence-electron chi connectivity index (χ4n) is 2.58. The number of ether oxygens (including phenoxy) is 3. The number of amides is 1. The van der Waals surface area contributed by atoms with Gasteiger partial charge in [-0.2, -0.15) is 0 Å². The SMILES string of the molecule is COc1cc(C(=O)N(C)CC(=O)OC(C)(C)C)ccc1Oc1ccc(Cl)cc1[N+](=O)[O-]. The van der Waals surface area contributed by atoms with Crippen LogP contribution in [0, 0.1) is 10.1 Å². The van der Waals surface area contributed by atoms with Gasteiger partial charge in [0.25, 0.3) is 5.91 Å². The van der Waals surface area contributed by atoms with Crippen LogP contribution in [0.5, 0.6) is 17.2 Å². The van der Waals surface area contributed by atoms with E-state index in [9.17, 15) is 19.7 Å². The van der Waals surface area contributed by atoms with E-state index in [-0.39, 0.29) is 40.1 Å². The van der Waals surface area contributed by atoms with E-state index in [2.05, 4.69) is 0 Å². The smallest absolute Gasteiger partial charge is 0.326 e. The largest absolute Gasteiger partial charge is 0.493 e. The lowest BCUT2D eigenvalue weighted by atomic mass is 10.1. The Bertz CT molecular complexity index is 1000. The zero-order valence-corrected chi connectivity index (χ0v) is 18.6. The Kier molecular flexibility index (Phi) is 7.46. The topological polar surface area (TPSA) is 108 Å². The van der Waals surface area contributed by atoms with Crippen molar-refractivity contribution in [3.63, 3.8) is 0 Å². The number of nitrogens with zero attached hydrogens (tertiary/aromatic N) is 2. The maximum atomic E-state index is 12.7. The molecule has 0 N–H and O–H groups in total. The van der Waals surface area contributed by atoms with E-state index in [0.717, 1.165) is 0 Å². The van der Waals surface area contributed by atoms with E-state index in [1.807, 2.05) is 0 Å². The van der Waals surface area contributed by atoms with Gasteiger partial charge in [-0.15, -0.1) is 0 Å². The summed E-state index contributed by atoms with van der Waals surface area (Å²) in [4.78, 5) is 36.5. The van der Waals surface area contributed by atoms with Gasteiger partial charge in [-0.3, -0.25) is 19.7 Å². The van der Waals surface area contributed by atoms with Crippen LogP contribution in [0.2, 0.25) is 5.02 Å². The molecule has 2 aromatic rings. The van der Waals surface area contributed by atoms with Crippen LogP contribution in [-0.2, 0) is 9.53 Å². The summed E-state index contributed by atoms with van der Waals surface area (Å²) in [7, 11) is 2.84. The molecule has 1 amide bonds. The Hall–Kier alpha value is -3.33. The minimum absolute atomic E-state index is 0.0335. The zero-order chi connectivity index (χ0) is 23.3. The zero-order valence-electron chi connectivity index (χ0n) is 17.8. The Morgan fingerprint density at radius 1 is 1.10 bits per heavy atom. The number of carbonyl (C=O) groups is 2. The Morgan fingerprint density at radius 2 is 1.74 bits per heavy atom. The van der Waals surface area contributed by atoms with Crippen LogP contribution in [0.3, 0.4) is 0 Å². The lowest BCUT2D eigenvalue weighted by Crippen LogP contribution is -2.36. The van der Waals surface area contributed by atoms with Crippen LogP contribution in [0.15, 0.2) is 36.4 Å². The molecule has 0 heterocycles. The van der Waals surface area contributed by atoms with E-state index < -0.39 is 22.4 Å². The monoisotopic (exact) mass is 450 g/mol. The number of likely N-dealkylation sites (N-methyl/N-ethyl adjacent to an activating group) is 1. The van der Waals surface area contributed by atoms with E-state index in [1.165, 1.54) is 55.5 Å². The second-order valence-electron chi connectivity index (χ2n) is 7.58. The van der Waals surface area contributed by atoms with Gasteiger partial charge in [0, 0.05) is 23.7 Å². The molecule has 0 aliphatic carbocycles. The Balaban J connectivity index is 2.23. The van der Waals surface area contributed by atoms with E-state index in [1.54, 1.807) is 20.8 Å². The molecule has 0 spiro atoms. The van der Waals surface area contributed by atoms with Crippen molar-refractivity contribution in [1.29, 1.82) is 0 Å². The molecule has 0 aromatic heterocycles. The summed E-state index contributed by atoms with van der Waals surface area (Å²) >= 11 is 5.82. The fraction of sp³-hybridized carbons (Fsp3) is 0.333. The molecular formula is C21H23ClN2O7. The van der Waals surface area contributed by atoms with Gasteiger partial charge in [-0.1, -0.05) is 11.6 Å². The maximum Gasteiger partial charge on any atom is 0.326 e. The predicted molar refractivity (Wildman–Crippen MR) is 114 cm³/mol. The van der Waals surface area contributed by atoms with Crippen LogP contribution in [0.25, 0.3) is 0 Å². The second-order valence-corrected chi connectivity index (χ2v) is 8.02. The van der Waals surface area contributed by atoms with Gasteiger partial charge in [0.05, 0.1) is 12.0 Å². The number of halogens is 1. The molecule has 0 fully saturated rings. The van der Waals surface area contributed by atoms with Gasteiger partial charge in [0.15, 0.2) is 11.5 Å². The molecule has 0 bridgehead atoms. The molecule has 0 aliphatic heterocycles. The van der Waals surface area contributed by atoms with Gasteiger partial charge in [-0.25, -0.2) is 0 Å². The first kappa shape index (κ1) is 23.9. The summed E-state index contributed by atoms with van der Waals surface area (Å²) in [5, 5.41) is 11.5. The van der Waals surface area contributed by atoms with Crippen molar-refractivity contribution in [2.24, 2.45) is 0 Å². The molecule has 166 valence electrons. The average Bonchev–Trinajstić information content (AvgIpc) is 2.67. The van der Waals surface area contributed by atoms with Crippen LogP contribution < -0.4 is 9.47 Å². The number of esters is 1. The summed E-state index contributed by atoms with van der Waals surface area (Å²) in [6, 6.07) is 8.34. The first-order valence-corrected chi connectivity index (χ1v) is 9.56. The van der Waals surface area contributed by atoms with E-state index >= 15 is 0 Å². The maximum absolute atomic E-state index is 12.7. The number of methoxy groups -OCH3 is 1. The first-order valence-electron chi connectivity index (χ1n) is 9.18. The summed E-state index contributed by atoms with van der Waals surface area (Å²) in [6.07, 6.45) is 0. The molecule has 9 nitrogen and oxygen atoms in total. The summed E-state index contributed by atoms with van der Waals surface area (Å²) in [5.41, 5.74) is -0.736. The van der Waals surface area contributed by atoms with Crippen molar-refractivity contribution in [3.05, 3.63) is 57.1 Å². The molecule has 10 heteroatoms. The first-order chi connectivity index (χ1) is 14.4. The van der Waals surface area contributed by atoms with Crippen LogP contribution >= 0.6 is 11.6 Å². The van der Waals surface area contributed by atoms with Crippen LogP contribution in [0.4, 0.5) is 5.69 Å². The number of hydrogen-bond acceptors (Lipinski definition) is 7. The highest BCUT2D eigenvalue weighted by Crippen LogP contribution is 2.38. The number of nitro groups is 1.